The Morgan fingerprint density at radius 2 is 2.00 bits per heavy atom. The molecule has 132 valence electrons. The highest BCUT2D eigenvalue weighted by Crippen LogP contribution is 2.42. The van der Waals surface area contributed by atoms with Crippen molar-refractivity contribution in [2.75, 3.05) is 13.1 Å². The predicted octanol–water partition coefficient (Wildman–Crippen LogP) is 4.79. The maximum absolute atomic E-state index is 12.9. The number of ketones is 1. The smallest absolute Gasteiger partial charge is 0.182 e. The van der Waals surface area contributed by atoms with Crippen molar-refractivity contribution in [3.8, 4) is 0 Å². The van der Waals surface area contributed by atoms with Crippen molar-refractivity contribution in [1.82, 2.24) is 9.47 Å². The summed E-state index contributed by atoms with van der Waals surface area (Å²) >= 11 is 5.96. The number of nitrogens with zero attached hydrogens (tertiary/aromatic N) is 2. The first-order chi connectivity index (χ1) is 12.6. The van der Waals surface area contributed by atoms with Crippen LogP contribution in [0.15, 0.2) is 42.5 Å². The SMILES string of the molecule is Cc1ccc2c(c1)c1c(n2CC(=O)c2ccc(Cl)cc2)CN2CCC1C2. The van der Waals surface area contributed by atoms with E-state index in [2.05, 4.69) is 34.6 Å². The Bertz CT molecular complexity index is 1020. The van der Waals surface area contributed by atoms with E-state index in [4.69, 9.17) is 11.6 Å². The lowest BCUT2D eigenvalue weighted by molar-refractivity contribution is 0.0971. The largest absolute Gasteiger partial charge is 0.335 e. The molecule has 0 saturated carbocycles. The summed E-state index contributed by atoms with van der Waals surface area (Å²) in [5.74, 6) is 0.741. The van der Waals surface area contributed by atoms with Gasteiger partial charge in [-0.2, -0.15) is 0 Å². The second kappa shape index (κ2) is 5.97. The summed E-state index contributed by atoms with van der Waals surface area (Å²) in [5, 5.41) is 2.00. The number of carbonyl (C=O) groups excluding carboxylic acids is 1. The highest BCUT2D eigenvalue weighted by atomic mass is 35.5. The van der Waals surface area contributed by atoms with Gasteiger partial charge in [-0.3, -0.25) is 9.69 Å². The molecule has 1 aromatic heterocycles. The fourth-order valence-electron chi connectivity index (χ4n) is 4.65. The Hall–Kier alpha value is -2.10. The highest BCUT2D eigenvalue weighted by Gasteiger charge is 2.35. The number of aryl methyl sites for hydroxylation is 1. The van der Waals surface area contributed by atoms with Gasteiger partial charge in [-0.15, -0.1) is 0 Å². The van der Waals surface area contributed by atoms with E-state index in [0.717, 1.165) is 25.2 Å². The summed E-state index contributed by atoms with van der Waals surface area (Å²) in [6.45, 7) is 5.80. The first-order valence-corrected chi connectivity index (χ1v) is 9.60. The van der Waals surface area contributed by atoms with E-state index in [1.807, 2.05) is 12.1 Å². The van der Waals surface area contributed by atoms with Crippen LogP contribution in [0.1, 0.15) is 39.5 Å². The van der Waals surface area contributed by atoms with Gasteiger partial charge in [0.2, 0.25) is 0 Å². The monoisotopic (exact) mass is 364 g/mol. The van der Waals surface area contributed by atoms with Crippen molar-refractivity contribution in [1.29, 1.82) is 0 Å². The summed E-state index contributed by atoms with van der Waals surface area (Å²) in [6, 6.07) is 13.8. The lowest BCUT2D eigenvalue weighted by atomic mass is 9.93. The molecule has 2 aliphatic heterocycles. The van der Waals surface area contributed by atoms with Crippen LogP contribution in [-0.2, 0) is 13.1 Å². The van der Waals surface area contributed by atoms with E-state index >= 15 is 0 Å². The van der Waals surface area contributed by atoms with Gasteiger partial charge in [0, 0.05) is 46.2 Å². The third-order valence-corrected chi connectivity index (χ3v) is 6.14. The minimum Gasteiger partial charge on any atom is -0.335 e. The second-order valence-corrected chi connectivity index (χ2v) is 8.05. The Kier molecular flexibility index (Phi) is 3.70. The van der Waals surface area contributed by atoms with Gasteiger partial charge in [0.15, 0.2) is 5.78 Å². The molecular formula is C22H21ClN2O. The number of rotatable bonds is 3. The molecule has 3 heterocycles. The van der Waals surface area contributed by atoms with E-state index in [1.165, 1.54) is 34.1 Å². The molecule has 26 heavy (non-hydrogen) atoms. The molecule has 2 bridgehead atoms. The number of carbonyl (C=O) groups is 1. The molecule has 5 rings (SSSR count). The zero-order valence-electron chi connectivity index (χ0n) is 14.8. The van der Waals surface area contributed by atoms with E-state index in [-0.39, 0.29) is 5.78 Å². The van der Waals surface area contributed by atoms with Crippen LogP contribution in [0.25, 0.3) is 10.9 Å². The minimum absolute atomic E-state index is 0.134. The third kappa shape index (κ3) is 2.50. The van der Waals surface area contributed by atoms with E-state index in [1.54, 1.807) is 12.1 Å². The van der Waals surface area contributed by atoms with E-state index in [0.29, 0.717) is 17.5 Å². The molecule has 3 aromatic rings. The van der Waals surface area contributed by atoms with Crippen molar-refractivity contribution in [2.24, 2.45) is 0 Å². The molecule has 1 saturated heterocycles. The standard InChI is InChI=1S/C22H21ClN2O/c1-14-2-7-19-18(10-14)22-16-8-9-24(11-16)12-20(22)25(19)13-21(26)15-3-5-17(23)6-4-15/h2-7,10,16H,8-9,11-13H2,1H3. The van der Waals surface area contributed by atoms with Crippen molar-refractivity contribution in [2.45, 2.75) is 32.4 Å². The van der Waals surface area contributed by atoms with Crippen molar-refractivity contribution in [3.05, 3.63) is 69.9 Å². The van der Waals surface area contributed by atoms with Gasteiger partial charge in [-0.1, -0.05) is 23.2 Å². The predicted molar refractivity (Wildman–Crippen MR) is 105 cm³/mol. The Labute approximate surface area is 158 Å². The van der Waals surface area contributed by atoms with Gasteiger partial charge >= 0.3 is 0 Å². The van der Waals surface area contributed by atoms with Crippen LogP contribution < -0.4 is 0 Å². The number of benzene rings is 2. The average Bonchev–Trinajstić information content (AvgIpc) is 3.15. The van der Waals surface area contributed by atoms with E-state index < -0.39 is 0 Å². The highest BCUT2D eigenvalue weighted by molar-refractivity contribution is 6.30. The fourth-order valence-corrected chi connectivity index (χ4v) is 4.77. The van der Waals surface area contributed by atoms with Crippen LogP contribution in [0.5, 0.6) is 0 Å². The van der Waals surface area contributed by atoms with Crippen LogP contribution in [-0.4, -0.2) is 28.3 Å². The van der Waals surface area contributed by atoms with Crippen LogP contribution >= 0.6 is 11.6 Å². The van der Waals surface area contributed by atoms with Gasteiger partial charge < -0.3 is 4.57 Å². The van der Waals surface area contributed by atoms with Crippen molar-refractivity contribution in [3.63, 3.8) is 0 Å². The quantitative estimate of drug-likeness (QED) is 0.624. The molecular weight excluding hydrogens is 344 g/mol. The Balaban J connectivity index is 1.62. The normalized spacial score (nSPS) is 21.2. The lowest BCUT2D eigenvalue weighted by Crippen LogP contribution is -2.27. The number of halogens is 1. The molecule has 2 unspecified atom stereocenters. The van der Waals surface area contributed by atoms with Gasteiger partial charge in [-0.25, -0.2) is 0 Å². The molecule has 3 nitrogen and oxygen atoms in total. The molecule has 0 spiro atoms. The fraction of sp³-hybridized carbons (Fsp3) is 0.318. The number of aromatic nitrogens is 1. The number of Topliss-reactive ketones (excluding diaryl/α,β-unsaturated/α-hetero) is 1. The van der Waals surface area contributed by atoms with Crippen molar-refractivity contribution < 1.29 is 4.79 Å². The minimum atomic E-state index is 0.134. The molecule has 2 aromatic carbocycles. The van der Waals surface area contributed by atoms with Crippen LogP contribution in [0.4, 0.5) is 0 Å². The molecule has 2 aliphatic rings. The van der Waals surface area contributed by atoms with E-state index in [9.17, 15) is 4.79 Å². The van der Waals surface area contributed by atoms with Crippen LogP contribution in [0.3, 0.4) is 0 Å². The molecule has 4 heteroatoms. The van der Waals surface area contributed by atoms with Gasteiger partial charge in [0.25, 0.3) is 0 Å². The maximum Gasteiger partial charge on any atom is 0.182 e. The van der Waals surface area contributed by atoms with Gasteiger partial charge in [0.05, 0.1) is 6.54 Å². The Morgan fingerprint density at radius 3 is 2.81 bits per heavy atom. The zero-order chi connectivity index (χ0) is 17.8. The topological polar surface area (TPSA) is 25.2 Å². The summed E-state index contributed by atoms with van der Waals surface area (Å²) in [4.78, 5) is 15.4. The molecule has 2 atom stereocenters. The van der Waals surface area contributed by atoms with Crippen LogP contribution in [0, 0.1) is 6.92 Å². The summed E-state index contributed by atoms with van der Waals surface area (Å²) < 4.78 is 2.26. The lowest BCUT2D eigenvalue weighted by Gasteiger charge is -2.24. The van der Waals surface area contributed by atoms with Crippen molar-refractivity contribution >= 4 is 28.3 Å². The Morgan fingerprint density at radius 1 is 1.19 bits per heavy atom. The summed E-state index contributed by atoms with van der Waals surface area (Å²) in [6.07, 6.45) is 1.23. The molecule has 0 amide bonds. The zero-order valence-corrected chi connectivity index (χ0v) is 15.6. The second-order valence-electron chi connectivity index (χ2n) is 7.62. The van der Waals surface area contributed by atoms with Gasteiger partial charge in [0.1, 0.15) is 0 Å². The number of fused-ring (bicyclic) bond motifs is 6. The maximum atomic E-state index is 12.9. The van der Waals surface area contributed by atoms with Gasteiger partial charge in [-0.05, 0) is 61.9 Å². The summed E-state index contributed by atoms with van der Waals surface area (Å²) in [5.41, 5.74) is 6.01. The molecule has 0 aliphatic carbocycles. The molecule has 0 N–H and O–H groups in total. The number of hydrogen-bond acceptors (Lipinski definition) is 2. The average molecular weight is 365 g/mol. The summed E-state index contributed by atoms with van der Waals surface area (Å²) in [7, 11) is 0. The first-order valence-electron chi connectivity index (χ1n) is 9.23. The van der Waals surface area contributed by atoms with Crippen LogP contribution in [0.2, 0.25) is 5.02 Å². The third-order valence-electron chi connectivity index (χ3n) is 5.89. The first kappa shape index (κ1) is 16.1. The molecule has 0 radical (unpaired) electrons. The number of hydrogen-bond donors (Lipinski definition) is 0. The molecule has 1 fully saturated rings.